The maximum absolute atomic E-state index is 5.69. The molecule has 0 unspecified atom stereocenters. The molecule has 0 bridgehead atoms. The summed E-state index contributed by atoms with van der Waals surface area (Å²) >= 11 is 0. The zero-order valence-electron chi connectivity index (χ0n) is 10.7. The quantitative estimate of drug-likeness (QED) is 0.637. The lowest BCUT2D eigenvalue weighted by atomic mass is 10.2. The lowest BCUT2D eigenvalue weighted by Crippen LogP contribution is -2.08. The van der Waals surface area contributed by atoms with Crippen molar-refractivity contribution >= 4 is 11.4 Å². The lowest BCUT2D eigenvalue weighted by molar-refractivity contribution is 0.137. The molecule has 4 heteroatoms. The van der Waals surface area contributed by atoms with Gasteiger partial charge >= 0.3 is 0 Å². The van der Waals surface area contributed by atoms with Crippen LogP contribution >= 0.6 is 0 Å². The molecule has 4 nitrogen and oxygen atoms in total. The summed E-state index contributed by atoms with van der Waals surface area (Å²) in [4.78, 5) is 4.80. The predicted molar refractivity (Wildman–Crippen MR) is 76.5 cm³/mol. The van der Waals surface area contributed by atoms with Gasteiger partial charge in [0.05, 0.1) is 12.8 Å². The predicted octanol–water partition coefficient (Wildman–Crippen LogP) is 3.18. The molecule has 98 valence electrons. The van der Waals surface area contributed by atoms with Gasteiger partial charge in [-0.25, -0.2) is 0 Å². The first-order chi connectivity index (χ1) is 9.19. The van der Waals surface area contributed by atoms with Gasteiger partial charge in [-0.05, 0) is 54.1 Å². The fourth-order valence-corrected chi connectivity index (χ4v) is 1.58. The highest BCUT2D eigenvalue weighted by Gasteiger charge is 2.00. The third kappa shape index (κ3) is 3.50. The van der Waals surface area contributed by atoms with E-state index in [-0.39, 0.29) is 0 Å². The van der Waals surface area contributed by atoms with Gasteiger partial charge in [0.2, 0.25) is 0 Å². The number of hydroxylamine groups is 1. The van der Waals surface area contributed by atoms with Crippen LogP contribution < -0.4 is 16.0 Å². The minimum atomic E-state index is 0.696. The number of hydrogen-bond donors (Lipinski definition) is 2. The summed E-state index contributed by atoms with van der Waals surface area (Å²) in [6.45, 7) is 3.85. The van der Waals surface area contributed by atoms with Crippen LogP contribution in [0.4, 0.5) is 5.69 Å². The summed E-state index contributed by atoms with van der Waals surface area (Å²) in [5.74, 6) is 1.49. The monoisotopic (exact) mass is 256 g/mol. The van der Waals surface area contributed by atoms with Crippen LogP contribution in [-0.4, -0.2) is 7.11 Å². The van der Waals surface area contributed by atoms with Crippen LogP contribution in [0.1, 0.15) is 5.56 Å². The fraction of sp³-hybridized carbons (Fsp3) is 0.0667. The van der Waals surface area contributed by atoms with E-state index in [1.807, 2.05) is 36.4 Å². The van der Waals surface area contributed by atoms with Crippen LogP contribution in [0.2, 0.25) is 0 Å². The van der Waals surface area contributed by atoms with Gasteiger partial charge in [0.1, 0.15) is 11.5 Å². The Morgan fingerprint density at radius 3 is 2.05 bits per heavy atom. The van der Waals surface area contributed by atoms with Crippen molar-refractivity contribution in [1.29, 1.82) is 0 Å². The summed E-state index contributed by atoms with van der Waals surface area (Å²) in [7, 11) is 1.55. The zero-order chi connectivity index (χ0) is 13.7. The Kier molecular flexibility index (Phi) is 4.05. The minimum absolute atomic E-state index is 0.696. The van der Waals surface area contributed by atoms with Crippen molar-refractivity contribution in [2.24, 2.45) is 0 Å². The second-order valence-corrected chi connectivity index (χ2v) is 3.98. The van der Waals surface area contributed by atoms with Crippen molar-refractivity contribution in [2.75, 3.05) is 12.8 Å². The van der Waals surface area contributed by atoms with Crippen molar-refractivity contribution in [1.82, 2.24) is 5.48 Å². The minimum Gasteiger partial charge on any atom is -0.457 e. The fourth-order valence-electron chi connectivity index (χ4n) is 1.58. The lowest BCUT2D eigenvalue weighted by Gasteiger charge is -2.09. The Bertz CT molecular complexity index is 547. The van der Waals surface area contributed by atoms with E-state index in [1.165, 1.54) is 0 Å². The zero-order valence-corrected chi connectivity index (χ0v) is 10.7. The van der Waals surface area contributed by atoms with Gasteiger partial charge in [0.25, 0.3) is 0 Å². The van der Waals surface area contributed by atoms with Gasteiger partial charge in [-0.3, -0.25) is 10.3 Å². The van der Waals surface area contributed by atoms with Gasteiger partial charge in [-0.1, -0.05) is 6.58 Å². The van der Waals surface area contributed by atoms with E-state index in [9.17, 15) is 0 Å². The van der Waals surface area contributed by atoms with Crippen molar-refractivity contribution in [3.05, 3.63) is 60.7 Å². The number of anilines is 1. The molecule has 3 N–H and O–H groups in total. The Hall–Kier alpha value is -2.46. The van der Waals surface area contributed by atoms with Crippen LogP contribution in [0.25, 0.3) is 5.70 Å². The molecule has 0 radical (unpaired) electrons. The molecule has 0 aliphatic carbocycles. The van der Waals surface area contributed by atoms with Crippen LogP contribution in [-0.2, 0) is 4.84 Å². The number of nitrogen functional groups attached to an aromatic ring is 1. The molecule has 0 saturated carbocycles. The first-order valence-electron chi connectivity index (χ1n) is 5.81. The largest absolute Gasteiger partial charge is 0.457 e. The van der Waals surface area contributed by atoms with Crippen molar-refractivity contribution in [3.63, 3.8) is 0 Å². The molecule has 0 fully saturated rings. The summed E-state index contributed by atoms with van der Waals surface area (Å²) < 4.78 is 5.69. The van der Waals surface area contributed by atoms with E-state index in [0.29, 0.717) is 11.4 Å². The number of nitrogens with two attached hydrogens (primary N) is 1. The SMILES string of the molecule is C=C(NOC)c1ccc(Oc2ccc(N)cc2)cc1. The van der Waals surface area contributed by atoms with E-state index in [1.54, 1.807) is 19.2 Å². The molecular weight excluding hydrogens is 240 g/mol. The average molecular weight is 256 g/mol. The Morgan fingerprint density at radius 1 is 1.00 bits per heavy atom. The van der Waals surface area contributed by atoms with Gasteiger partial charge in [-0.2, -0.15) is 0 Å². The topological polar surface area (TPSA) is 56.5 Å². The molecule has 0 amide bonds. The molecule has 0 aromatic heterocycles. The normalized spacial score (nSPS) is 9.95. The molecule has 2 rings (SSSR count). The molecule has 0 heterocycles. The number of benzene rings is 2. The first kappa shape index (κ1) is 13.0. The summed E-state index contributed by atoms with van der Waals surface area (Å²) in [6.07, 6.45) is 0. The molecule has 0 atom stereocenters. The highest BCUT2D eigenvalue weighted by Crippen LogP contribution is 2.23. The van der Waals surface area contributed by atoms with Gasteiger partial charge in [0, 0.05) is 5.69 Å². The van der Waals surface area contributed by atoms with E-state index < -0.39 is 0 Å². The number of ether oxygens (including phenoxy) is 1. The molecule has 0 spiro atoms. The Morgan fingerprint density at radius 2 is 1.53 bits per heavy atom. The van der Waals surface area contributed by atoms with Crippen LogP contribution in [0.15, 0.2) is 55.1 Å². The highest BCUT2D eigenvalue weighted by molar-refractivity contribution is 5.61. The summed E-state index contributed by atoms with van der Waals surface area (Å²) in [5.41, 5.74) is 10.7. The molecule has 0 saturated heterocycles. The summed E-state index contributed by atoms with van der Waals surface area (Å²) in [6, 6.07) is 14.8. The van der Waals surface area contributed by atoms with Crippen LogP contribution in [0.3, 0.4) is 0 Å². The molecule has 2 aromatic carbocycles. The van der Waals surface area contributed by atoms with E-state index in [4.69, 9.17) is 15.3 Å². The molecule has 0 aliphatic heterocycles. The van der Waals surface area contributed by atoms with Gasteiger partial charge in [-0.15, -0.1) is 0 Å². The molecule has 19 heavy (non-hydrogen) atoms. The highest BCUT2D eigenvalue weighted by atomic mass is 16.6. The second kappa shape index (κ2) is 5.93. The first-order valence-corrected chi connectivity index (χ1v) is 5.81. The van der Waals surface area contributed by atoms with E-state index in [0.717, 1.165) is 17.1 Å². The third-order valence-corrected chi connectivity index (χ3v) is 2.54. The van der Waals surface area contributed by atoms with E-state index >= 15 is 0 Å². The van der Waals surface area contributed by atoms with E-state index in [2.05, 4.69) is 12.1 Å². The van der Waals surface area contributed by atoms with Gasteiger partial charge < -0.3 is 10.5 Å². The standard InChI is InChI=1S/C15H16N2O2/c1-11(17-18-2)12-3-7-14(8-4-12)19-15-9-5-13(16)6-10-15/h3-10,17H,1,16H2,2H3. The third-order valence-electron chi connectivity index (χ3n) is 2.54. The number of nitrogens with one attached hydrogen (secondary N) is 1. The summed E-state index contributed by atoms with van der Waals surface area (Å²) in [5, 5.41) is 0. The number of hydrogen-bond acceptors (Lipinski definition) is 4. The molecular formula is C15H16N2O2. The van der Waals surface area contributed by atoms with Crippen LogP contribution in [0.5, 0.6) is 11.5 Å². The van der Waals surface area contributed by atoms with Crippen molar-refractivity contribution in [2.45, 2.75) is 0 Å². The maximum atomic E-state index is 5.69. The smallest absolute Gasteiger partial charge is 0.127 e. The van der Waals surface area contributed by atoms with Crippen molar-refractivity contribution in [3.8, 4) is 11.5 Å². The number of rotatable bonds is 5. The second-order valence-electron chi connectivity index (χ2n) is 3.98. The maximum Gasteiger partial charge on any atom is 0.127 e. The Labute approximate surface area is 112 Å². The molecule has 2 aromatic rings. The van der Waals surface area contributed by atoms with Crippen molar-refractivity contribution < 1.29 is 9.57 Å². The van der Waals surface area contributed by atoms with Gasteiger partial charge in [0.15, 0.2) is 0 Å². The molecule has 0 aliphatic rings. The van der Waals surface area contributed by atoms with Crippen LogP contribution in [0, 0.1) is 0 Å². The Balaban J connectivity index is 2.06. The average Bonchev–Trinajstić information content (AvgIpc) is 2.42.